The first-order valence-corrected chi connectivity index (χ1v) is 9.92. The minimum Gasteiger partial charge on any atom is -0.464 e. The summed E-state index contributed by atoms with van der Waals surface area (Å²) in [7, 11) is -1.23. The molecule has 1 aromatic carbocycles. The van der Waals surface area contributed by atoms with Gasteiger partial charge < -0.3 is 9.72 Å². The Morgan fingerprint density at radius 1 is 1.25 bits per heavy atom. The predicted molar refractivity (Wildman–Crippen MR) is 96.6 cm³/mol. The monoisotopic (exact) mass is 502 g/mol. The Morgan fingerprint density at radius 3 is 2.54 bits per heavy atom. The highest BCUT2D eigenvalue weighted by molar-refractivity contribution is 9.11. The number of methoxy groups -OCH3 is 1. The molecule has 0 amide bonds. The number of esters is 1. The Kier molecular flexibility index (Phi) is 5.51. The van der Waals surface area contributed by atoms with Crippen LogP contribution in [0.25, 0.3) is 10.2 Å². The van der Waals surface area contributed by atoms with Crippen molar-refractivity contribution in [2.75, 3.05) is 11.8 Å². The number of halogens is 6. The van der Waals surface area contributed by atoms with Gasteiger partial charge in [-0.2, -0.15) is 13.2 Å². The summed E-state index contributed by atoms with van der Waals surface area (Å²) in [4.78, 5) is 15.0. The van der Waals surface area contributed by atoms with Crippen LogP contribution in [0.2, 0.25) is 0 Å². The second kappa shape index (κ2) is 7.44. The number of thiophene rings is 1. The van der Waals surface area contributed by atoms with Gasteiger partial charge in [0.2, 0.25) is 0 Å². The van der Waals surface area contributed by atoms with Gasteiger partial charge in [0.05, 0.1) is 22.1 Å². The van der Waals surface area contributed by atoms with E-state index in [2.05, 4.69) is 30.4 Å². The summed E-state index contributed by atoms with van der Waals surface area (Å²) in [6.07, 6.45) is -5.09. The Balaban J connectivity index is 2.04. The van der Waals surface area contributed by atoms with Crippen LogP contribution < -0.4 is 4.72 Å². The molecular formula is C15H8BrF5N2O3S2. The van der Waals surface area contributed by atoms with Crippen molar-refractivity contribution in [2.24, 2.45) is 0 Å². The zero-order valence-electron chi connectivity index (χ0n) is 13.5. The number of rotatable bonds is 4. The van der Waals surface area contributed by atoms with Gasteiger partial charge in [0, 0.05) is 11.5 Å². The van der Waals surface area contributed by atoms with Crippen LogP contribution in [0, 0.1) is 11.6 Å². The maximum atomic E-state index is 14.0. The molecule has 0 spiro atoms. The van der Waals surface area contributed by atoms with E-state index in [1.807, 2.05) is 0 Å². The number of fused-ring (bicyclic) bond motifs is 1. The number of carbonyl (C=O) groups excluding carboxylic acids is 1. The zero-order valence-corrected chi connectivity index (χ0v) is 16.8. The normalized spacial score (nSPS) is 13.0. The molecule has 0 fully saturated rings. The molecule has 1 atom stereocenters. The molecule has 5 nitrogen and oxygen atoms in total. The lowest BCUT2D eigenvalue weighted by molar-refractivity contribution is -0.140. The lowest BCUT2D eigenvalue weighted by Crippen LogP contribution is -2.14. The quantitative estimate of drug-likeness (QED) is 0.380. The SMILES string of the molecule is COC(=O)c1[nH]c2sc(Br)cc2c1S(=O)Nc1cc(F)c(C(F)(F)F)cc1F. The number of ether oxygens (including phenoxy) is 1. The smallest absolute Gasteiger partial charge is 0.419 e. The largest absolute Gasteiger partial charge is 0.464 e. The number of hydrogen-bond donors (Lipinski definition) is 2. The van der Waals surface area contributed by atoms with Crippen LogP contribution in [-0.4, -0.2) is 22.3 Å². The third kappa shape index (κ3) is 3.78. The van der Waals surface area contributed by atoms with E-state index in [0.29, 0.717) is 14.0 Å². The first-order valence-electron chi connectivity index (χ1n) is 7.17. The van der Waals surface area contributed by atoms with Crippen molar-refractivity contribution in [1.29, 1.82) is 0 Å². The fourth-order valence-corrected chi connectivity index (χ4v) is 5.07. The standard InChI is InChI=1S/C15H8BrF5N2O3S2/c1-26-14(24)11-12(5-2-10(16)27-13(5)22-11)28(25)23-9-4-7(17)6(3-8(9)18)15(19,20)21/h2-4,22-23H,1H3. The van der Waals surface area contributed by atoms with Gasteiger partial charge in [-0.3, -0.25) is 4.72 Å². The van der Waals surface area contributed by atoms with Gasteiger partial charge in [0.15, 0.2) is 11.0 Å². The Hall–Kier alpha value is -1.99. The highest BCUT2D eigenvalue weighted by Gasteiger charge is 2.35. The van der Waals surface area contributed by atoms with Crippen LogP contribution in [0.4, 0.5) is 27.6 Å². The van der Waals surface area contributed by atoms with Crippen LogP contribution in [0.5, 0.6) is 0 Å². The number of carbonyl (C=O) groups is 1. The average Bonchev–Trinajstić information content (AvgIpc) is 3.11. The van der Waals surface area contributed by atoms with Crippen LogP contribution in [0.3, 0.4) is 0 Å². The second-order valence-electron chi connectivity index (χ2n) is 5.29. The average molecular weight is 503 g/mol. The van der Waals surface area contributed by atoms with Gasteiger partial charge in [0.1, 0.15) is 27.1 Å². The molecule has 0 saturated heterocycles. The topological polar surface area (TPSA) is 71.2 Å². The molecule has 0 saturated carbocycles. The first-order chi connectivity index (χ1) is 13.0. The number of aromatic amines is 1. The van der Waals surface area contributed by atoms with E-state index < -0.39 is 46.0 Å². The van der Waals surface area contributed by atoms with Gasteiger partial charge in [0.25, 0.3) is 0 Å². The molecule has 0 aliphatic heterocycles. The van der Waals surface area contributed by atoms with Crippen molar-refractivity contribution in [2.45, 2.75) is 11.1 Å². The fraction of sp³-hybridized carbons (Fsp3) is 0.133. The molecule has 0 aliphatic carbocycles. The molecule has 0 aliphatic rings. The van der Waals surface area contributed by atoms with E-state index in [4.69, 9.17) is 0 Å². The number of hydrogen-bond acceptors (Lipinski definition) is 4. The van der Waals surface area contributed by atoms with E-state index in [1.54, 1.807) is 6.07 Å². The highest BCUT2D eigenvalue weighted by Crippen LogP contribution is 2.37. The molecule has 0 bridgehead atoms. The molecule has 28 heavy (non-hydrogen) atoms. The van der Waals surface area contributed by atoms with E-state index in [-0.39, 0.29) is 22.7 Å². The third-order valence-corrected chi connectivity index (χ3v) is 6.31. The van der Waals surface area contributed by atoms with Gasteiger partial charge in [-0.05, 0) is 28.1 Å². The van der Waals surface area contributed by atoms with Crippen LogP contribution in [0.1, 0.15) is 16.1 Å². The number of anilines is 1. The van der Waals surface area contributed by atoms with Gasteiger partial charge >= 0.3 is 12.1 Å². The van der Waals surface area contributed by atoms with E-state index in [9.17, 15) is 31.0 Å². The maximum absolute atomic E-state index is 14.0. The minimum atomic E-state index is -5.09. The summed E-state index contributed by atoms with van der Waals surface area (Å²) in [5.74, 6) is -4.05. The lowest BCUT2D eigenvalue weighted by Gasteiger charge is -2.12. The van der Waals surface area contributed by atoms with Gasteiger partial charge in [-0.1, -0.05) is 0 Å². The number of aromatic nitrogens is 1. The Bertz CT molecular complexity index is 1110. The zero-order chi connectivity index (χ0) is 20.8. The Morgan fingerprint density at radius 2 is 1.93 bits per heavy atom. The summed E-state index contributed by atoms with van der Waals surface area (Å²) in [6.45, 7) is 0. The fourth-order valence-electron chi connectivity index (χ4n) is 2.36. The highest BCUT2D eigenvalue weighted by atomic mass is 79.9. The molecule has 0 radical (unpaired) electrons. The van der Waals surface area contributed by atoms with Crippen molar-refractivity contribution in [3.05, 3.63) is 44.9 Å². The minimum absolute atomic E-state index is 0.0377. The van der Waals surface area contributed by atoms with Crippen molar-refractivity contribution >= 4 is 60.1 Å². The van der Waals surface area contributed by atoms with Crippen LogP contribution in [-0.2, 0) is 21.9 Å². The van der Waals surface area contributed by atoms with Gasteiger partial charge in [-0.15, -0.1) is 11.3 Å². The van der Waals surface area contributed by atoms with E-state index >= 15 is 0 Å². The first kappa shape index (κ1) is 20.7. The van der Waals surface area contributed by atoms with E-state index in [0.717, 1.165) is 7.11 Å². The van der Waals surface area contributed by atoms with Crippen molar-refractivity contribution in [3.8, 4) is 0 Å². The van der Waals surface area contributed by atoms with Crippen molar-refractivity contribution in [1.82, 2.24) is 4.98 Å². The predicted octanol–water partition coefficient (Wildman–Crippen LogP) is 5.21. The number of H-pyrrole nitrogens is 1. The summed E-state index contributed by atoms with van der Waals surface area (Å²) >= 11 is 4.41. The van der Waals surface area contributed by atoms with Crippen LogP contribution >= 0.6 is 27.3 Å². The van der Waals surface area contributed by atoms with E-state index in [1.165, 1.54) is 11.3 Å². The second-order valence-corrected chi connectivity index (χ2v) is 8.88. The summed E-state index contributed by atoms with van der Waals surface area (Å²) < 4.78 is 85.8. The summed E-state index contributed by atoms with van der Waals surface area (Å²) in [6, 6.07) is 1.76. The molecule has 150 valence electrons. The molecule has 3 aromatic rings. The summed E-state index contributed by atoms with van der Waals surface area (Å²) in [5, 5.41) is 0.343. The lowest BCUT2D eigenvalue weighted by atomic mass is 10.2. The molecule has 1 unspecified atom stereocenters. The Labute approximate surface area is 168 Å². The number of benzene rings is 1. The molecular weight excluding hydrogens is 495 g/mol. The van der Waals surface area contributed by atoms with Crippen molar-refractivity contribution in [3.63, 3.8) is 0 Å². The molecule has 2 aromatic heterocycles. The third-order valence-electron chi connectivity index (χ3n) is 3.55. The molecule has 3 rings (SSSR count). The van der Waals surface area contributed by atoms with Crippen LogP contribution in [0.15, 0.2) is 26.9 Å². The number of nitrogens with one attached hydrogen (secondary N) is 2. The maximum Gasteiger partial charge on any atom is 0.419 e. The molecule has 2 N–H and O–H groups in total. The number of alkyl halides is 3. The summed E-state index contributed by atoms with van der Waals surface area (Å²) in [5.41, 5.74) is -2.74. The molecule has 13 heteroatoms. The van der Waals surface area contributed by atoms with Gasteiger partial charge in [-0.25, -0.2) is 17.8 Å². The molecule has 2 heterocycles. The van der Waals surface area contributed by atoms with Crippen molar-refractivity contribution < 1.29 is 35.7 Å².